The van der Waals surface area contributed by atoms with E-state index in [0.29, 0.717) is 6.54 Å². The Morgan fingerprint density at radius 3 is 2.21 bits per heavy atom. The highest BCUT2D eigenvalue weighted by Gasteiger charge is 2.51. The van der Waals surface area contributed by atoms with E-state index in [1.165, 1.54) is 45.1 Å². The number of hydrogen-bond acceptors (Lipinski definition) is 12. The molecule has 14 heteroatoms. The molecule has 6 rings (SSSR count). The maximum absolute atomic E-state index is 14.4. The summed E-state index contributed by atoms with van der Waals surface area (Å²) in [6.45, 7) is 16.7. The number of amides is 1. The number of hydrogen-bond donors (Lipinski definition) is 5. The molecule has 0 saturated heterocycles. The summed E-state index contributed by atoms with van der Waals surface area (Å²) in [4.78, 5) is 42.3. The molecular formula is C42H55N2O12+. The van der Waals surface area contributed by atoms with E-state index in [2.05, 4.69) is 0 Å². The molecule has 7 bridgehead atoms. The van der Waals surface area contributed by atoms with E-state index in [9.17, 15) is 39.9 Å². The van der Waals surface area contributed by atoms with Crippen LogP contribution in [0.15, 0.2) is 36.1 Å². The molecule has 0 radical (unpaired) electrons. The molecule has 4 aliphatic heterocycles. The average molecular weight is 780 g/mol. The van der Waals surface area contributed by atoms with Crippen molar-refractivity contribution in [1.82, 2.24) is 0 Å². The van der Waals surface area contributed by atoms with Crippen LogP contribution in [0.5, 0.6) is 23.0 Å². The van der Waals surface area contributed by atoms with Crippen LogP contribution in [0.4, 0.5) is 5.69 Å². The van der Waals surface area contributed by atoms with Crippen molar-refractivity contribution in [3.05, 3.63) is 52.8 Å². The second-order valence-corrected chi connectivity index (χ2v) is 15.4. The Balaban J connectivity index is 1.75. The van der Waals surface area contributed by atoms with Gasteiger partial charge >= 0.3 is 11.8 Å². The van der Waals surface area contributed by atoms with E-state index >= 15 is 0 Å². The zero-order chi connectivity index (χ0) is 41.7. The van der Waals surface area contributed by atoms with Gasteiger partial charge < -0.3 is 44.5 Å². The van der Waals surface area contributed by atoms with Crippen molar-refractivity contribution in [3.63, 3.8) is 0 Å². The quantitative estimate of drug-likeness (QED) is 0.160. The lowest BCUT2D eigenvalue weighted by Gasteiger charge is -2.38. The van der Waals surface area contributed by atoms with Gasteiger partial charge in [0.05, 0.1) is 35.5 Å². The number of nitrogens with zero attached hydrogens (tertiary/aromatic N) is 2. The number of benzene rings is 2. The third-order valence-corrected chi connectivity index (χ3v) is 11.7. The van der Waals surface area contributed by atoms with Gasteiger partial charge in [0.25, 0.3) is 11.7 Å². The van der Waals surface area contributed by atoms with Crippen molar-refractivity contribution in [3.8, 4) is 23.0 Å². The zero-order valence-corrected chi connectivity index (χ0v) is 33.9. The van der Waals surface area contributed by atoms with Gasteiger partial charge in [-0.15, -0.1) is 0 Å². The van der Waals surface area contributed by atoms with E-state index in [1.54, 1.807) is 70.6 Å². The Bertz CT molecular complexity index is 2050. The second-order valence-electron chi connectivity index (χ2n) is 15.4. The average Bonchev–Trinajstić information content (AvgIpc) is 3.42. The van der Waals surface area contributed by atoms with Crippen molar-refractivity contribution in [2.45, 2.75) is 106 Å². The third kappa shape index (κ3) is 7.03. The Morgan fingerprint density at radius 2 is 1.61 bits per heavy atom. The fourth-order valence-electron chi connectivity index (χ4n) is 8.18. The van der Waals surface area contributed by atoms with Crippen LogP contribution in [0.3, 0.4) is 0 Å². The summed E-state index contributed by atoms with van der Waals surface area (Å²) >= 11 is 0. The molecule has 10 unspecified atom stereocenters. The van der Waals surface area contributed by atoms with Crippen molar-refractivity contribution in [2.24, 2.45) is 23.7 Å². The van der Waals surface area contributed by atoms with Crippen LogP contribution in [0.25, 0.3) is 10.8 Å². The second kappa shape index (κ2) is 15.9. The first-order valence-corrected chi connectivity index (χ1v) is 18.9. The van der Waals surface area contributed by atoms with Gasteiger partial charge in [-0.05, 0) is 26.8 Å². The summed E-state index contributed by atoms with van der Waals surface area (Å²) < 4.78 is 25.4. The van der Waals surface area contributed by atoms with Crippen molar-refractivity contribution in [2.75, 3.05) is 18.6 Å². The Hall–Kier alpha value is -4.92. The summed E-state index contributed by atoms with van der Waals surface area (Å²) in [6.07, 6.45) is 4.72. The smallest absolute Gasteiger partial charge is 0.312 e. The van der Waals surface area contributed by atoms with Gasteiger partial charge in [0.15, 0.2) is 12.0 Å². The van der Waals surface area contributed by atoms with E-state index in [4.69, 9.17) is 18.9 Å². The van der Waals surface area contributed by atoms with Gasteiger partial charge in [-0.3, -0.25) is 14.4 Å². The van der Waals surface area contributed by atoms with Crippen LogP contribution in [-0.4, -0.2) is 104 Å². The molecule has 2 aromatic carbocycles. The SMILES string of the molecule is CC[N+]1=Cc2c3c(O)c4c(O)c(C)c5c(c4c2O)C(=O)C(C)(OC=CC(OC)C(C)C(OC(C)=O)C(C)C(O)C(C)C(O)C(C)C=CC=C(C)C(=O)N3C1C)O5. The van der Waals surface area contributed by atoms with Gasteiger partial charge in [0, 0.05) is 68.1 Å². The number of fused-ring (bicyclic) bond motifs is 12. The maximum Gasteiger partial charge on any atom is 0.312 e. The van der Waals surface area contributed by atoms with E-state index in [-0.39, 0.29) is 44.5 Å². The number of esters is 1. The van der Waals surface area contributed by atoms with Gasteiger partial charge in [0.1, 0.15) is 41.1 Å². The number of rotatable bonds is 3. The number of aliphatic hydroxyl groups is 2. The van der Waals surface area contributed by atoms with Gasteiger partial charge in [-0.2, -0.15) is 0 Å². The highest BCUT2D eigenvalue weighted by molar-refractivity contribution is 6.24. The molecule has 0 spiro atoms. The molecule has 14 nitrogen and oxygen atoms in total. The predicted molar refractivity (Wildman–Crippen MR) is 208 cm³/mol. The maximum atomic E-state index is 14.4. The molecule has 5 N–H and O–H groups in total. The number of phenols is 3. The molecule has 0 fully saturated rings. The van der Waals surface area contributed by atoms with Gasteiger partial charge in [-0.1, -0.05) is 45.9 Å². The normalized spacial score (nSPS) is 31.3. The first kappa shape index (κ1) is 42.2. The summed E-state index contributed by atoms with van der Waals surface area (Å²) in [7, 11) is 1.44. The largest absolute Gasteiger partial charge is 0.507 e. The first-order chi connectivity index (χ1) is 26.2. The fourth-order valence-corrected chi connectivity index (χ4v) is 8.18. The van der Waals surface area contributed by atoms with E-state index in [0.717, 1.165) is 0 Å². The van der Waals surface area contributed by atoms with Crippen LogP contribution >= 0.6 is 0 Å². The summed E-state index contributed by atoms with van der Waals surface area (Å²) in [5, 5.41) is 58.1. The standard InChI is InChI=1S/C42H54N2O12/c1-12-43-18-27-32-37(50)30-29(36(27)49)31-39(24(7)35(30)48)56-42(10,40(31)51)54-17-16-28(53-11)21(4)38(55-26(9)45)23(6)34(47)22(5)33(46)19(2)14-13-15-20(3)41(52)44(32)25(43)8/h13-19,21-23,25,28,33-34,38,46-47H,12H2,1-11H3,(H2,48,50,51)/p+1. The number of carbonyl (C=O) groups is 3. The van der Waals surface area contributed by atoms with Crippen LogP contribution in [0.2, 0.25) is 0 Å². The lowest BCUT2D eigenvalue weighted by atomic mass is 9.78. The predicted octanol–water partition coefficient (Wildman–Crippen LogP) is 4.96. The number of aliphatic hydroxyl groups excluding tert-OH is 2. The van der Waals surface area contributed by atoms with Crippen LogP contribution in [0.1, 0.15) is 83.8 Å². The van der Waals surface area contributed by atoms with Crippen LogP contribution in [-0.2, 0) is 23.8 Å². The number of phenolic OH excluding ortho intramolecular Hbond substituents is 3. The van der Waals surface area contributed by atoms with Crippen molar-refractivity contribution in [1.29, 1.82) is 0 Å². The van der Waals surface area contributed by atoms with Crippen LogP contribution < -0.4 is 9.64 Å². The number of ketones is 1. The van der Waals surface area contributed by atoms with E-state index < -0.39 is 94.9 Å². The number of allylic oxidation sites excluding steroid dienone is 2. The number of anilines is 1. The monoisotopic (exact) mass is 779 g/mol. The van der Waals surface area contributed by atoms with E-state index in [1.807, 2.05) is 6.92 Å². The van der Waals surface area contributed by atoms with Crippen molar-refractivity contribution < 1.29 is 63.4 Å². The zero-order valence-electron chi connectivity index (χ0n) is 33.9. The molecular weight excluding hydrogens is 724 g/mol. The molecule has 0 aliphatic carbocycles. The Morgan fingerprint density at radius 1 is 0.946 bits per heavy atom. The fraction of sp³-hybridized carbons (Fsp3) is 0.524. The number of carbonyl (C=O) groups excluding carboxylic acids is 3. The topological polar surface area (TPSA) is 196 Å². The molecule has 304 valence electrons. The minimum Gasteiger partial charge on any atom is -0.507 e. The first-order valence-electron chi connectivity index (χ1n) is 18.9. The van der Waals surface area contributed by atoms with Crippen molar-refractivity contribution >= 4 is 40.3 Å². The number of Topliss-reactive ketones (excluding diaryl/α,β-unsaturated/α-hetero) is 1. The van der Waals surface area contributed by atoms with Gasteiger partial charge in [0.2, 0.25) is 6.17 Å². The molecule has 4 heterocycles. The van der Waals surface area contributed by atoms with Gasteiger partial charge in [-0.25, -0.2) is 9.48 Å². The van der Waals surface area contributed by atoms with Crippen LogP contribution in [0, 0.1) is 30.6 Å². The number of methoxy groups -OCH3 is 1. The molecule has 10 atom stereocenters. The number of ether oxygens (including phenoxy) is 4. The molecule has 1 amide bonds. The lowest BCUT2D eigenvalue weighted by Crippen LogP contribution is -2.49. The summed E-state index contributed by atoms with van der Waals surface area (Å²) in [5.41, 5.74) is 0.194. The Labute approximate surface area is 326 Å². The minimum atomic E-state index is -2.01. The molecule has 0 saturated carbocycles. The summed E-state index contributed by atoms with van der Waals surface area (Å²) in [6, 6.07) is 0. The molecule has 56 heavy (non-hydrogen) atoms. The molecule has 0 aromatic heterocycles. The summed E-state index contributed by atoms with van der Waals surface area (Å²) in [5.74, 6) is -7.78. The third-order valence-electron chi connectivity index (χ3n) is 11.7. The minimum absolute atomic E-state index is 0.0477. The lowest BCUT2D eigenvalue weighted by molar-refractivity contribution is -0.553. The highest BCUT2D eigenvalue weighted by Crippen LogP contribution is 2.56. The Kier molecular flexibility index (Phi) is 12.0. The molecule has 2 aromatic rings. The number of aromatic hydroxyl groups is 3. The highest BCUT2D eigenvalue weighted by atomic mass is 16.7. The molecule has 4 aliphatic rings.